The molecule has 0 aromatic rings. The van der Waals surface area contributed by atoms with E-state index in [1.807, 2.05) is 34.6 Å². The van der Waals surface area contributed by atoms with E-state index in [9.17, 15) is 43.5 Å². The third-order valence-corrected chi connectivity index (χ3v) is 8.09. The van der Waals surface area contributed by atoms with Gasteiger partial charge in [0.15, 0.2) is 12.9 Å². The van der Waals surface area contributed by atoms with E-state index < -0.39 is 42.3 Å². The molecule has 24 heteroatoms. The summed E-state index contributed by atoms with van der Waals surface area (Å²) in [6.45, 7) is 13.8. The molecule has 5 amide bonds. The first-order chi connectivity index (χ1) is 31.8. The van der Waals surface area contributed by atoms with Crippen LogP contribution in [0.3, 0.4) is 0 Å². The molecule has 1 aliphatic heterocycles. The van der Waals surface area contributed by atoms with Gasteiger partial charge in [-0.15, -0.1) is 0 Å². The SMILES string of the molecule is CCCN1C(=O)C=CC1=O.CCNC(CO)OC(COC(=O)CCCC(=O)NCCNC(=O)CCOCCOCCNC=O)OC(C)(C)C.C[OH+]C(COC(=O)CCCC(=O)O)OC(C)CO. The number of amides is 5. The lowest BCUT2D eigenvalue weighted by Crippen LogP contribution is -2.43. The van der Waals surface area contributed by atoms with Crippen LogP contribution < -0.4 is 21.3 Å². The standard InChI is InChI=1S/C25H48N4O10.C11H20O7.C7H9NO2/c1-5-27-22(17-30)38-24(39-25(2,3)4)18-37-23(34)8-6-7-20(32)28-10-11-29-21(33)9-13-35-15-16-36-14-12-26-19-31;1-8(6-12)18-11(16-2)7-17-10(15)5-3-4-9(13)14;1-2-5-8-6(9)3-4-7(8)10/h19,22,24,27,30H,5-18H2,1-4H3,(H,26,31)(H,28,32)(H,29,33);8,11-12H,3-7H2,1-2H3,(H,13,14);3-4H,2,5H2,1H3/p+1. The minimum absolute atomic E-state index is 0.0350. The van der Waals surface area contributed by atoms with E-state index in [2.05, 4.69) is 26.0 Å². The van der Waals surface area contributed by atoms with E-state index in [0.29, 0.717) is 52.3 Å². The average molecular weight is 969 g/mol. The molecule has 0 radical (unpaired) electrons. The van der Waals surface area contributed by atoms with E-state index in [1.54, 1.807) is 6.92 Å². The Balaban J connectivity index is 0. The molecule has 0 aromatic carbocycles. The molecule has 0 aliphatic carbocycles. The van der Waals surface area contributed by atoms with Crippen LogP contribution in [0.4, 0.5) is 0 Å². The first-order valence-corrected chi connectivity index (χ1v) is 22.3. The molecule has 1 heterocycles. The van der Waals surface area contributed by atoms with E-state index in [1.165, 1.54) is 24.2 Å². The van der Waals surface area contributed by atoms with Crippen LogP contribution in [0.2, 0.25) is 0 Å². The first-order valence-electron chi connectivity index (χ1n) is 22.3. The third-order valence-electron chi connectivity index (χ3n) is 8.09. The summed E-state index contributed by atoms with van der Waals surface area (Å²) < 4.78 is 41.2. The molecule has 8 N–H and O–H groups in total. The highest BCUT2D eigenvalue weighted by atomic mass is 16.7. The number of likely N-dealkylation sites (N-methyl/N-ethyl adjacent to an activating group) is 1. The van der Waals surface area contributed by atoms with Gasteiger partial charge in [0, 0.05) is 70.4 Å². The number of hydrogen-bond acceptors (Lipinski definition) is 18. The molecule has 0 fully saturated rings. The lowest BCUT2D eigenvalue weighted by Gasteiger charge is -2.30. The third kappa shape index (κ3) is 40.2. The number of aliphatic hydroxyl groups is 4. The van der Waals surface area contributed by atoms with Gasteiger partial charge in [-0.25, -0.2) is 0 Å². The Bertz CT molecular complexity index is 1410. The molecule has 1 aliphatic rings. The number of esters is 2. The summed E-state index contributed by atoms with van der Waals surface area (Å²) in [4.78, 5) is 90.2. The predicted octanol–water partition coefficient (Wildman–Crippen LogP) is -0.825. The van der Waals surface area contributed by atoms with Gasteiger partial charge >= 0.3 is 17.9 Å². The van der Waals surface area contributed by atoms with Crippen molar-refractivity contribution in [1.29, 1.82) is 0 Å². The highest BCUT2D eigenvalue weighted by Gasteiger charge is 2.25. The van der Waals surface area contributed by atoms with Crippen molar-refractivity contribution in [2.24, 2.45) is 0 Å². The Morgan fingerprint density at radius 1 is 0.776 bits per heavy atom. The molecule has 0 saturated carbocycles. The van der Waals surface area contributed by atoms with Gasteiger partial charge in [0.1, 0.15) is 19.9 Å². The van der Waals surface area contributed by atoms with Crippen molar-refractivity contribution in [3.8, 4) is 0 Å². The Hall–Kier alpha value is -4.66. The highest BCUT2D eigenvalue weighted by Crippen LogP contribution is 2.14. The number of nitrogens with zero attached hydrogens (tertiary/aromatic N) is 1. The van der Waals surface area contributed by atoms with Gasteiger partial charge in [0.2, 0.25) is 18.2 Å². The van der Waals surface area contributed by atoms with Crippen LogP contribution in [-0.4, -0.2) is 196 Å². The predicted molar refractivity (Wildman–Crippen MR) is 240 cm³/mol. The molecule has 4 atom stereocenters. The van der Waals surface area contributed by atoms with Crippen molar-refractivity contribution in [2.45, 2.75) is 123 Å². The van der Waals surface area contributed by atoms with Gasteiger partial charge in [0.05, 0.1) is 51.3 Å². The average Bonchev–Trinajstić information content (AvgIpc) is 3.59. The molecule has 4 unspecified atom stereocenters. The Morgan fingerprint density at radius 3 is 1.85 bits per heavy atom. The number of hydrogen-bond donors (Lipinski definition) is 7. The molecule has 388 valence electrons. The molecule has 24 nitrogen and oxygen atoms in total. The number of ether oxygens (including phenoxy) is 8. The second kappa shape index (κ2) is 41.5. The zero-order valence-corrected chi connectivity index (χ0v) is 40.3. The fourth-order valence-corrected chi connectivity index (χ4v) is 4.93. The number of carboxylic acids is 1. The number of rotatable bonds is 37. The smallest absolute Gasteiger partial charge is 0.306 e. The molecule has 0 spiro atoms. The van der Waals surface area contributed by atoms with Crippen molar-refractivity contribution in [3.05, 3.63) is 12.2 Å². The van der Waals surface area contributed by atoms with Gasteiger partial charge in [-0.3, -0.25) is 48.6 Å². The summed E-state index contributed by atoms with van der Waals surface area (Å²) in [6, 6.07) is 0. The van der Waals surface area contributed by atoms with E-state index in [0.717, 1.165) is 6.42 Å². The van der Waals surface area contributed by atoms with E-state index in [-0.39, 0.29) is 114 Å². The quantitative estimate of drug-likeness (QED) is 0.00998. The second-order valence-electron chi connectivity index (χ2n) is 15.2. The lowest BCUT2D eigenvalue weighted by atomic mass is 10.2. The summed E-state index contributed by atoms with van der Waals surface area (Å²) in [7, 11) is 1.52. The van der Waals surface area contributed by atoms with Crippen molar-refractivity contribution in [1.82, 2.24) is 26.2 Å². The molecular formula is C43H78N5O19+. The molecule has 67 heavy (non-hydrogen) atoms. The van der Waals surface area contributed by atoms with E-state index >= 15 is 0 Å². The van der Waals surface area contributed by atoms with Crippen molar-refractivity contribution in [3.63, 3.8) is 0 Å². The largest absolute Gasteiger partial charge is 0.481 e. The second-order valence-corrected chi connectivity index (χ2v) is 15.2. The number of carbonyl (C=O) groups is 8. The van der Waals surface area contributed by atoms with Crippen LogP contribution in [0, 0.1) is 0 Å². The number of nitrogens with one attached hydrogen (secondary N) is 4. The van der Waals surface area contributed by atoms with Crippen LogP contribution >= 0.6 is 0 Å². The summed E-state index contributed by atoms with van der Waals surface area (Å²) >= 11 is 0. The first kappa shape index (κ1) is 64.4. The number of imide groups is 1. The van der Waals surface area contributed by atoms with Crippen LogP contribution in [0.25, 0.3) is 0 Å². The molecular weight excluding hydrogens is 890 g/mol. The monoisotopic (exact) mass is 969 g/mol. The fraction of sp³-hybridized carbons (Fsp3) is 0.767. The van der Waals surface area contributed by atoms with Crippen LogP contribution in [0.5, 0.6) is 0 Å². The maximum Gasteiger partial charge on any atom is 0.306 e. The molecule has 0 saturated heterocycles. The maximum absolute atomic E-state index is 12.1. The molecule has 0 aromatic heterocycles. The summed E-state index contributed by atoms with van der Waals surface area (Å²) in [5.41, 5.74) is -0.554. The lowest BCUT2D eigenvalue weighted by molar-refractivity contribution is -0.254. The summed E-state index contributed by atoms with van der Waals surface area (Å²) in [6.07, 6.45) is 2.41. The minimum atomic E-state index is -0.940. The number of aliphatic hydroxyl groups excluding tert-OH is 2. The van der Waals surface area contributed by atoms with Gasteiger partial charge < -0.3 is 69.2 Å². The Morgan fingerprint density at radius 2 is 1.34 bits per heavy atom. The van der Waals surface area contributed by atoms with Crippen LogP contribution in [-0.2, 0) is 71.5 Å². The van der Waals surface area contributed by atoms with Crippen molar-refractivity contribution in [2.75, 3.05) is 92.7 Å². The zero-order valence-electron chi connectivity index (χ0n) is 40.3. The maximum atomic E-state index is 12.1. The number of aliphatic carboxylic acids is 1. The van der Waals surface area contributed by atoms with Gasteiger partial charge in [-0.2, -0.15) is 0 Å². The van der Waals surface area contributed by atoms with Gasteiger partial charge in [0.25, 0.3) is 18.1 Å². The van der Waals surface area contributed by atoms with Crippen LogP contribution in [0.15, 0.2) is 12.2 Å². The van der Waals surface area contributed by atoms with E-state index in [4.69, 9.17) is 43.4 Å². The van der Waals surface area contributed by atoms with Crippen LogP contribution in [0.1, 0.15) is 92.9 Å². The highest BCUT2D eigenvalue weighted by molar-refractivity contribution is 6.12. The van der Waals surface area contributed by atoms with Gasteiger partial charge in [-0.05, 0) is 53.5 Å². The minimum Gasteiger partial charge on any atom is -0.481 e. The molecule has 0 bridgehead atoms. The topological polar surface area (TPSA) is 326 Å². The normalized spacial score (nSPS) is 13.8. The van der Waals surface area contributed by atoms with Gasteiger partial charge in [-0.1, -0.05) is 13.8 Å². The number of carbonyl (C=O) groups excluding carboxylic acids is 7. The zero-order chi connectivity index (χ0) is 50.9. The molecule has 1 rings (SSSR count). The number of carboxylic acid groups (broad SMARTS) is 1. The van der Waals surface area contributed by atoms with Crippen molar-refractivity contribution < 1.29 is 91.6 Å². The van der Waals surface area contributed by atoms with Crippen molar-refractivity contribution >= 4 is 47.9 Å². The summed E-state index contributed by atoms with van der Waals surface area (Å²) in [5, 5.41) is 37.4. The summed E-state index contributed by atoms with van der Waals surface area (Å²) in [5.74, 6) is -2.73. The Kier molecular flexibility index (Phi) is 39.9. The fourth-order valence-electron chi connectivity index (χ4n) is 4.93. The Labute approximate surface area is 393 Å².